The molecule has 0 heterocycles. The van der Waals surface area contributed by atoms with E-state index in [0.29, 0.717) is 5.69 Å². The van der Waals surface area contributed by atoms with E-state index in [1.807, 2.05) is 25.1 Å². The van der Waals surface area contributed by atoms with Gasteiger partial charge in [-0.2, -0.15) is 0 Å². The largest absolute Gasteiger partial charge is 0.449 e. The summed E-state index contributed by atoms with van der Waals surface area (Å²) >= 11 is 3.10. The highest BCUT2D eigenvalue weighted by Crippen LogP contribution is 2.19. The van der Waals surface area contributed by atoms with Gasteiger partial charge < -0.3 is 10.1 Å². The standard InChI is InChI=1S/C17H15BrFNO3/c1-10-4-3-5-13(8-10)20-16(21)11(2)23-17(22)14-7-6-12(19)9-15(14)18/h3-9,11H,1-2H3,(H,20,21)/t11-/m0/s1. The van der Waals surface area contributed by atoms with Crippen molar-refractivity contribution in [2.45, 2.75) is 20.0 Å². The highest BCUT2D eigenvalue weighted by Gasteiger charge is 2.20. The number of esters is 1. The second-order valence-corrected chi connectivity index (χ2v) is 5.88. The molecule has 0 fully saturated rings. The van der Waals surface area contributed by atoms with E-state index in [0.717, 1.165) is 17.7 Å². The molecule has 2 rings (SSSR count). The lowest BCUT2D eigenvalue weighted by atomic mass is 10.2. The summed E-state index contributed by atoms with van der Waals surface area (Å²) in [6.45, 7) is 3.38. The third kappa shape index (κ3) is 4.63. The zero-order chi connectivity index (χ0) is 17.0. The van der Waals surface area contributed by atoms with Gasteiger partial charge in [-0.05, 0) is 65.7 Å². The van der Waals surface area contributed by atoms with Gasteiger partial charge in [0.05, 0.1) is 5.56 Å². The second-order valence-electron chi connectivity index (χ2n) is 5.03. The molecule has 0 saturated carbocycles. The van der Waals surface area contributed by atoms with Gasteiger partial charge in [-0.1, -0.05) is 12.1 Å². The number of halogens is 2. The van der Waals surface area contributed by atoms with E-state index in [1.165, 1.54) is 13.0 Å². The lowest BCUT2D eigenvalue weighted by molar-refractivity contribution is -0.123. The zero-order valence-electron chi connectivity index (χ0n) is 12.6. The number of ether oxygens (including phenoxy) is 1. The highest BCUT2D eigenvalue weighted by molar-refractivity contribution is 9.10. The Morgan fingerprint density at radius 1 is 1.22 bits per heavy atom. The maximum atomic E-state index is 13.0. The fourth-order valence-corrected chi connectivity index (χ4v) is 2.41. The summed E-state index contributed by atoms with van der Waals surface area (Å²) in [5, 5.41) is 2.68. The monoisotopic (exact) mass is 379 g/mol. The molecule has 4 nitrogen and oxygen atoms in total. The molecule has 0 aliphatic heterocycles. The Morgan fingerprint density at radius 3 is 2.61 bits per heavy atom. The predicted octanol–water partition coefficient (Wildman–Crippen LogP) is 4.08. The van der Waals surface area contributed by atoms with Crippen molar-refractivity contribution in [3.8, 4) is 0 Å². The SMILES string of the molecule is Cc1cccc(NC(=O)[C@H](C)OC(=O)c2ccc(F)cc2Br)c1. The van der Waals surface area contributed by atoms with Gasteiger partial charge in [0.1, 0.15) is 5.82 Å². The Bertz CT molecular complexity index is 748. The third-order valence-corrected chi connectivity index (χ3v) is 3.75. The lowest BCUT2D eigenvalue weighted by Crippen LogP contribution is -2.30. The first-order chi connectivity index (χ1) is 10.9. The van der Waals surface area contributed by atoms with Crippen molar-refractivity contribution in [1.29, 1.82) is 0 Å². The first kappa shape index (κ1) is 17.1. The fraction of sp³-hybridized carbons (Fsp3) is 0.176. The van der Waals surface area contributed by atoms with Gasteiger partial charge in [0, 0.05) is 10.2 Å². The predicted molar refractivity (Wildman–Crippen MR) is 88.8 cm³/mol. The topological polar surface area (TPSA) is 55.4 Å². The van der Waals surface area contributed by atoms with Crippen LogP contribution >= 0.6 is 15.9 Å². The van der Waals surface area contributed by atoms with Crippen LogP contribution in [0.15, 0.2) is 46.9 Å². The van der Waals surface area contributed by atoms with Gasteiger partial charge in [-0.15, -0.1) is 0 Å². The summed E-state index contributed by atoms with van der Waals surface area (Å²) in [6.07, 6.45) is -0.986. The van der Waals surface area contributed by atoms with Crippen LogP contribution in [0.25, 0.3) is 0 Å². The van der Waals surface area contributed by atoms with Crippen LogP contribution in [0.2, 0.25) is 0 Å². The molecule has 0 radical (unpaired) electrons. The number of benzene rings is 2. The molecule has 6 heteroatoms. The van der Waals surface area contributed by atoms with Crippen LogP contribution in [0.3, 0.4) is 0 Å². The van der Waals surface area contributed by atoms with Crippen molar-refractivity contribution in [1.82, 2.24) is 0 Å². The maximum absolute atomic E-state index is 13.0. The van der Waals surface area contributed by atoms with E-state index in [1.54, 1.807) is 6.07 Å². The van der Waals surface area contributed by atoms with E-state index in [9.17, 15) is 14.0 Å². The van der Waals surface area contributed by atoms with Crippen molar-refractivity contribution in [2.24, 2.45) is 0 Å². The van der Waals surface area contributed by atoms with Gasteiger partial charge in [0.25, 0.3) is 5.91 Å². The van der Waals surface area contributed by atoms with E-state index in [-0.39, 0.29) is 10.0 Å². The lowest BCUT2D eigenvalue weighted by Gasteiger charge is -2.14. The average molecular weight is 380 g/mol. The number of carbonyl (C=O) groups excluding carboxylic acids is 2. The Labute approximate surface area is 141 Å². The van der Waals surface area contributed by atoms with Crippen molar-refractivity contribution >= 4 is 33.5 Å². The molecule has 0 aliphatic carbocycles. The molecule has 2 aromatic carbocycles. The molecule has 0 spiro atoms. The molecular formula is C17H15BrFNO3. The van der Waals surface area contributed by atoms with Gasteiger partial charge in [-0.3, -0.25) is 4.79 Å². The number of rotatable bonds is 4. The molecule has 0 saturated heterocycles. The van der Waals surface area contributed by atoms with Crippen molar-refractivity contribution < 1.29 is 18.7 Å². The van der Waals surface area contributed by atoms with Crippen molar-refractivity contribution in [3.63, 3.8) is 0 Å². The molecular weight excluding hydrogens is 365 g/mol. The smallest absolute Gasteiger partial charge is 0.340 e. The summed E-state index contributed by atoms with van der Waals surface area (Å²) in [6, 6.07) is 10.9. The van der Waals surface area contributed by atoms with Crippen LogP contribution in [0.1, 0.15) is 22.8 Å². The number of carbonyl (C=O) groups is 2. The Balaban J connectivity index is 2.01. The molecule has 1 atom stereocenters. The van der Waals surface area contributed by atoms with Crippen LogP contribution in [-0.4, -0.2) is 18.0 Å². The zero-order valence-corrected chi connectivity index (χ0v) is 14.2. The summed E-state index contributed by atoms with van der Waals surface area (Å²) in [7, 11) is 0. The minimum Gasteiger partial charge on any atom is -0.449 e. The van der Waals surface area contributed by atoms with Crippen molar-refractivity contribution in [3.05, 3.63) is 63.9 Å². The number of nitrogens with one attached hydrogen (secondary N) is 1. The number of hydrogen-bond acceptors (Lipinski definition) is 3. The number of hydrogen-bond donors (Lipinski definition) is 1. The molecule has 0 aromatic heterocycles. The van der Waals surface area contributed by atoms with E-state index < -0.39 is 23.8 Å². The molecule has 0 unspecified atom stereocenters. The summed E-state index contributed by atoms with van der Waals surface area (Å²) in [5.74, 6) is -1.62. The molecule has 0 aliphatic rings. The molecule has 1 N–H and O–H groups in total. The minimum atomic E-state index is -0.986. The Morgan fingerprint density at radius 2 is 1.96 bits per heavy atom. The van der Waals surface area contributed by atoms with E-state index in [4.69, 9.17) is 4.74 Å². The average Bonchev–Trinajstić information content (AvgIpc) is 2.46. The fourth-order valence-electron chi connectivity index (χ4n) is 1.90. The van der Waals surface area contributed by atoms with Crippen LogP contribution in [0.4, 0.5) is 10.1 Å². The van der Waals surface area contributed by atoms with Crippen molar-refractivity contribution in [2.75, 3.05) is 5.32 Å². The number of amides is 1. The summed E-state index contributed by atoms with van der Waals surface area (Å²) < 4.78 is 18.4. The summed E-state index contributed by atoms with van der Waals surface area (Å²) in [4.78, 5) is 24.1. The highest BCUT2D eigenvalue weighted by atomic mass is 79.9. The molecule has 23 heavy (non-hydrogen) atoms. The normalized spacial score (nSPS) is 11.7. The Kier molecular flexibility index (Phi) is 5.50. The van der Waals surface area contributed by atoms with Crippen LogP contribution in [-0.2, 0) is 9.53 Å². The van der Waals surface area contributed by atoms with Gasteiger partial charge in [-0.25, -0.2) is 9.18 Å². The summed E-state index contributed by atoms with van der Waals surface area (Å²) in [5.41, 5.74) is 1.78. The first-order valence-electron chi connectivity index (χ1n) is 6.90. The van der Waals surface area contributed by atoms with Crippen LogP contribution in [0, 0.1) is 12.7 Å². The first-order valence-corrected chi connectivity index (χ1v) is 7.69. The third-order valence-electron chi connectivity index (χ3n) is 3.09. The number of aryl methyl sites for hydroxylation is 1. The molecule has 2 aromatic rings. The molecule has 120 valence electrons. The van der Waals surface area contributed by atoms with Crippen LogP contribution < -0.4 is 5.32 Å². The number of anilines is 1. The molecule has 1 amide bonds. The van der Waals surface area contributed by atoms with Gasteiger partial charge in [0.2, 0.25) is 0 Å². The quantitative estimate of drug-likeness (QED) is 0.814. The van der Waals surface area contributed by atoms with E-state index >= 15 is 0 Å². The maximum Gasteiger partial charge on any atom is 0.340 e. The second kappa shape index (κ2) is 7.37. The van der Waals surface area contributed by atoms with E-state index in [2.05, 4.69) is 21.2 Å². The minimum absolute atomic E-state index is 0.154. The van der Waals surface area contributed by atoms with Gasteiger partial charge in [0.15, 0.2) is 6.10 Å². The van der Waals surface area contributed by atoms with Gasteiger partial charge >= 0.3 is 5.97 Å². The molecule has 0 bridgehead atoms. The van der Waals surface area contributed by atoms with Crippen LogP contribution in [0.5, 0.6) is 0 Å². The Hall–Kier alpha value is -2.21.